The number of nitrogens with zero attached hydrogens (tertiary/aromatic N) is 2. The van der Waals surface area contributed by atoms with Crippen molar-refractivity contribution >= 4 is 11.7 Å². The lowest BCUT2D eigenvalue weighted by atomic mass is 9.97. The molecule has 0 radical (unpaired) electrons. The minimum atomic E-state index is -4.47. The number of aryl methyl sites for hydroxylation is 1. The summed E-state index contributed by atoms with van der Waals surface area (Å²) in [6.07, 6.45) is -4.62. The van der Waals surface area contributed by atoms with Crippen LogP contribution in [0.25, 0.3) is 0 Å². The van der Waals surface area contributed by atoms with Crippen LogP contribution in [-0.4, -0.2) is 41.2 Å². The Bertz CT molecular complexity index is 1150. The number of halogens is 3. The molecule has 1 aliphatic heterocycles. The van der Waals surface area contributed by atoms with Crippen LogP contribution in [0.3, 0.4) is 0 Å². The Morgan fingerprint density at radius 3 is 2.49 bits per heavy atom. The van der Waals surface area contributed by atoms with Crippen molar-refractivity contribution in [1.29, 1.82) is 0 Å². The molecule has 11 heteroatoms. The van der Waals surface area contributed by atoms with Gasteiger partial charge < -0.3 is 24.8 Å². The Hall–Kier alpha value is -2.76. The van der Waals surface area contributed by atoms with E-state index in [1.54, 1.807) is 26.8 Å². The number of carbonyl (C=O) groups excluding carboxylic acids is 1. The number of amides is 1. The molecule has 1 aromatic heterocycles. The van der Waals surface area contributed by atoms with Crippen molar-refractivity contribution < 1.29 is 32.2 Å². The van der Waals surface area contributed by atoms with Crippen LogP contribution in [0.4, 0.5) is 19.0 Å². The summed E-state index contributed by atoms with van der Waals surface area (Å²) in [5.74, 6) is 0.350. The van der Waals surface area contributed by atoms with E-state index < -0.39 is 30.2 Å². The molecular weight excluding hydrogens is 489 g/mol. The monoisotopic (exact) mass is 522 g/mol. The van der Waals surface area contributed by atoms with E-state index in [0.717, 1.165) is 18.9 Å². The van der Waals surface area contributed by atoms with E-state index in [4.69, 9.17) is 14.2 Å². The first-order valence-corrected chi connectivity index (χ1v) is 12.4. The number of hydrogen-bond acceptors (Lipinski definition) is 7. The molecule has 4 rings (SSSR count). The fraction of sp³-hybridized carbons (Fsp3) is 0.577. The molecule has 2 N–H and O–H groups in total. The van der Waals surface area contributed by atoms with Crippen LogP contribution in [0.15, 0.2) is 18.2 Å². The lowest BCUT2D eigenvalue weighted by molar-refractivity contribution is -0.138. The van der Waals surface area contributed by atoms with Crippen LogP contribution in [0.2, 0.25) is 0 Å². The number of rotatable bonds is 9. The molecule has 1 saturated carbocycles. The van der Waals surface area contributed by atoms with Gasteiger partial charge in [-0.05, 0) is 64.7 Å². The topological polar surface area (TPSA) is 94.6 Å². The Kier molecular flexibility index (Phi) is 7.77. The molecule has 1 aliphatic carbocycles. The first-order valence-electron chi connectivity index (χ1n) is 12.4. The minimum Gasteiger partial charge on any atom is -0.363 e. The van der Waals surface area contributed by atoms with Crippen molar-refractivity contribution in [3.05, 3.63) is 52.0 Å². The van der Waals surface area contributed by atoms with Gasteiger partial charge in [-0.2, -0.15) is 13.2 Å². The second-order valence-corrected chi connectivity index (χ2v) is 9.76. The average Bonchev–Trinajstić information content (AvgIpc) is 3.29. The third-order valence-corrected chi connectivity index (χ3v) is 6.69. The number of ether oxygens (including phenoxy) is 3. The minimum absolute atomic E-state index is 0.125. The number of hydrogen-bond donors (Lipinski definition) is 2. The van der Waals surface area contributed by atoms with E-state index in [0.29, 0.717) is 41.7 Å². The Morgan fingerprint density at radius 1 is 1.22 bits per heavy atom. The molecule has 2 aliphatic rings. The molecule has 1 unspecified atom stereocenters. The highest BCUT2D eigenvalue weighted by Gasteiger charge is 2.42. The van der Waals surface area contributed by atoms with Crippen molar-refractivity contribution in [2.45, 2.75) is 77.6 Å². The Balaban J connectivity index is 1.75. The molecular formula is C26H33F3N4O4. The van der Waals surface area contributed by atoms with Crippen molar-refractivity contribution in [3.8, 4) is 0 Å². The van der Waals surface area contributed by atoms with Crippen LogP contribution in [0.5, 0.6) is 0 Å². The van der Waals surface area contributed by atoms with Gasteiger partial charge in [-0.3, -0.25) is 4.79 Å². The maximum atomic E-state index is 13.5. The van der Waals surface area contributed by atoms with Crippen molar-refractivity contribution in [1.82, 2.24) is 15.3 Å². The van der Waals surface area contributed by atoms with Crippen LogP contribution < -0.4 is 10.6 Å². The summed E-state index contributed by atoms with van der Waals surface area (Å²) in [7, 11) is 0. The first kappa shape index (κ1) is 27.3. The number of benzene rings is 1. The number of alkyl halides is 3. The van der Waals surface area contributed by atoms with Gasteiger partial charge >= 0.3 is 6.18 Å². The summed E-state index contributed by atoms with van der Waals surface area (Å²) in [4.78, 5) is 22.4. The van der Waals surface area contributed by atoms with Gasteiger partial charge in [0.15, 0.2) is 12.4 Å². The average molecular weight is 523 g/mol. The lowest BCUT2D eigenvalue weighted by Gasteiger charge is -2.27. The summed E-state index contributed by atoms with van der Waals surface area (Å²) in [5.41, 5.74) is 0.328. The van der Waals surface area contributed by atoms with E-state index >= 15 is 0 Å². The van der Waals surface area contributed by atoms with Crippen molar-refractivity contribution in [2.24, 2.45) is 0 Å². The smallest absolute Gasteiger partial charge is 0.363 e. The predicted octanol–water partition coefficient (Wildman–Crippen LogP) is 5.08. The maximum absolute atomic E-state index is 13.5. The highest BCUT2D eigenvalue weighted by molar-refractivity contribution is 5.83. The molecule has 1 saturated heterocycles. The molecule has 8 nitrogen and oxygen atoms in total. The van der Waals surface area contributed by atoms with E-state index in [-0.39, 0.29) is 23.6 Å². The second-order valence-electron chi connectivity index (χ2n) is 9.76. The number of nitrogens with one attached hydrogen (secondary N) is 2. The second kappa shape index (κ2) is 10.5. The van der Waals surface area contributed by atoms with Gasteiger partial charge in [0.05, 0.1) is 36.1 Å². The maximum Gasteiger partial charge on any atom is 0.416 e. The first-order chi connectivity index (χ1) is 17.4. The molecule has 2 atom stereocenters. The normalized spacial score (nSPS) is 18.9. The molecule has 2 fully saturated rings. The van der Waals surface area contributed by atoms with E-state index in [1.807, 2.05) is 6.92 Å². The van der Waals surface area contributed by atoms with Crippen molar-refractivity contribution in [2.75, 3.05) is 25.1 Å². The Labute approximate surface area is 214 Å². The molecule has 0 bridgehead atoms. The van der Waals surface area contributed by atoms with Gasteiger partial charge in [0, 0.05) is 12.1 Å². The predicted molar refractivity (Wildman–Crippen MR) is 130 cm³/mol. The van der Waals surface area contributed by atoms with Gasteiger partial charge in [0.2, 0.25) is 0 Å². The zero-order chi connectivity index (χ0) is 27.0. The summed E-state index contributed by atoms with van der Waals surface area (Å²) in [6, 6.07) is 3.54. The Morgan fingerprint density at radius 2 is 1.89 bits per heavy atom. The molecule has 202 valence electrons. The van der Waals surface area contributed by atoms with Crippen LogP contribution in [0, 0.1) is 13.8 Å². The van der Waals surface area contributed by atoms with Crippen molar-refractivity contribution in [3.63, 3.8) is 0 Å². The van der Waals surface area contributed by atoms with E-state index in [1.165, 1.54) is 13.0 Å². The summed E-state index contributed by atoms with van der Waals surface area (Å²) < 4.78 is 58.0. The van der Waals surface area contributed by atoms with Crippen LogP contribution >= 0.6 is 0 Å². The van der Waals surface area contributed by atoms with E-state index in [9.17, 15) is 18.0 Å². The molecule has 2 aromatic rings. The molecule has 2 heterocycles. The largest absolute Gasteiger partial charge is 0.416 e. The quantitative estimate of drug-likeness (QED) is 0.475. The summed E-state index contributed by atoms with van der Waals surface area (Å²) >= 11 is 0. The highest BCUT2D eigenvalue weighted by atomic mass is 19.4. The van der Waals surface area contributed by atoms with Gasteiger partial charge in [-0.1, -0.05) is 12.1 Å². The zero-order valence-electron chi connectivity index (χ0n) is 21.7. The van der Waals surface area contributed by atoms with Gasteiger partial charge in [0.25, 0.3) is 5.91 Å². The lowest BCUT2D eigenvalue weighted by Crippen LogP contribution is -2.39. The number of anilines is 1. The third-order valence-electron chi connectivity index (χ3n) is 6.69. The molecule has 1 aromatic carbocycles. The third kappa shape index (κ3) is 6.05. The fourth-order valence-electron chi connectivity index (χ4n) is 4.50. The molecule has 1 amide bonds. The number of aromatic nitrogens is 2. The van der Waals surface area contributed by atoms with Gasteiger partial charge in [-0.15, -0.1) is 0 Å². The van der Waals surface area contributed by atoms with Gasteiger partial charge in [-0.25, -0.2) is 9.97 Å². The van der Waals surface area contributed by atoms with Crippen LogP contribution in [0.1, 0.15) is 85.8 Å². The summed E-state index contributed by atoms with van der Waals surface area (Å²) in [6.45, 7) is 9.56. The van der Waals surface area contributed by atoms with E-state index in [2.05, 4.69) is 20.6 Å². The summed E-state index contributed by atoms with van der Waals surface area (Å²) in [5, 5.41) is 6.27. The standard InChI is InChI=1S/C26H33F3N4O4/c1-6-35-21(23(34)33-25(5)10-11-25)20-19(24-36-12-13-37-24)22(32-16(4)31-20)30-15(3)17-8-7-9-18(14(17)2)26(27,28)29/h7-9,15,21,24H,6,10-13H2,1-5H3,(H,33,34)(H,30,31,32)/t15-,21?/m1/s1. The number of carbonyl (C=O) groups is 1. The van der Waals surface area contributed by atoms with Crippen LogP contribution in [-0.2, 0) is 25.2 Å². The molecule has 0 spiro atoms. The molecule has 37 heavy (non-hydrogen) atoms. The van der Waals surface area contributed by atoms with Gasteiger partial charge in [0.1, 0.15) is 11.6 Å². The SMILES string of the molecule is CCOC(C(=O)NC1(C)CC1)c1nc(C)nc(N[C@H](C)c2cccc(C(F)(F)F)c2C)c1C1OCCO1. The highest BCUT2D eigenvalue weighted by Crippen LogP contribution is 2.40. The zero-order valence-corrected chi connectivity index (χ0v) is 21.7. The fourth-order valence-corrected chi connectivity index (χ4v) is 4.50.